The first-order valence-corrected chi connectivity index (χ1v) is 67.7. The second-order valence-electron chi connectivity index (χ2n) is 41.4. The molecule has 3 aliphatic rings. The number of esters is 2. The molecule has 0 radical (unpaired) electrons. The van der Waals surface area contributed by atoms with Crippen LogP contribution in [0.15, 0.2) is 59.3 Å². The van der Waals surface area contributed by atoms with E-state index < -0.39 is 80.9 Å². The Balaban J connectivity index is 0.000000173. The molecule has 11 aromatic rings. The van der Waals surface area contributed by atoms with Gasteiger partial charge in [-0.2, -0.15) is 0 Å². The highest BCUT2D eigenvalue weighted by Gasteiger charge is 2.54. The predicted molar refractivity (Wildman–Crippen MR) is 569 cm³/mol. The largest absolute Gasteiger partial charge is 0.505 e. The molecule has 0 N–H and O–H groups in total. The molecule has 14 nitrogen and oxygen atoms in total. The second kappa shape index (κ2) is 42.6. The van der Waals surface area contributed by atoms with Crippen molar-refractivity contribution in [3.8, 4) is 44.3 Å². The van der Waals surface area contributed by atoms with Gasteiger partial charge in [0.05, 0.1) is 119 Å². The Labute approximate surface area is 801 Å². The molecule has 2 aliphatic heterocycles. The normalized spacial score (nSPS) is 16.4. The van der Waals surface area contributed by atoms with Crippen LogP contribution in [0.5, 0.6) is 34.5 Å². The number of rotatable bonds is 36. The predicted octanol–water partition coefficient (Wildman–Crippen LogP) is 28.2. The highest BCUT2D eigenvalue weighted by atomic mass is 32.1. The zero-order chi connectivity index (χ0) is 93.9. The molecule has 128 heavy (non-hydrogen) atoms. The lowest BCUT2D eigenvalue weighted by molar-refractivity contribution is -0.134. The zero-order valence-corrected chi connectivity index (χ0v) is 92.9. The van der Waals surface area contributed by atoms with E-state index in [1.165, 1.54) is 138 Å². The molecule has 4 unspecified atom stereocenters. The number of benzene rings is 3. The summed E-state index contributed by atoms with van der Waals surface area (Å²) in [5.41, 5.74) is -0.418. The fraction of sp³-hybridized carbons (Fsp3) is 0.580. The summed E-state index contributed by atoms with van der Waals surface area (Å²) in [5, 5.41) is 10.7. The monoisotopic (exact) mass is 1960 g/mol. The molecule has 3 aromatic carbocycles. The van der Waals surface area contributed by atoms with Gasteiger partial charge in [0.25, 0.3) is 0 Å². The molecule has 0 spiro atoms. The van der Waals surface area contributed by atoms with E-state index >= 15 is 0 Å². The highest BCUT2D eigenvalue weighted by molar-refractivity contribution is 7.38. The fourth-order valence-electron chi connectivity index (χ4n) is 15.8. The van der Waals surface area contributed by atoms with E-state index in [4.69, 9.17) is 47.0 Å². The van der Waals surface area contributed by atoms with Crippen LogP contribution in [0.3, 0.4) is 0 Å². The van der Waals surface area contributed by atoms with Crippen LogP contribution in [0.1, 0.15) is 248 Å². The third-order valence-electron chi connectivity index (χ3n) is 25.8. The molecule has 2 saturated heterocycles. The average molecular weight is 1960 g/mol. The van der Waals surface area contributed by atoms with E-state index in [-0.39, 0.29) is 11.6 Å². The number of carbonyl (C=O) groups excluding carboxylic acids is 4. The van der Waals surface area contributed by atoms with Gasteiger partial charge in [-0.05, 0) is 182 Å². The van der Waals surface area contributed by atoms with Gasteiger partial charge in [-0.25, -0.2) is 0 Å². The second-order valence-corrected chi connectivity index (χ2v) is 71.2. The van der Waals surface area contributed by atoms with E-state index in [9.17, 15) is 19.2 Å². The molecule has 4 atom stereocenters. The third kappa shape index (κ3) is 23.4. The Morgan fingerprint density at radius 3 is 0.867 bits per heavy atom. The highest BCUT2D eigenvalue weighted by Crippen LogP contribution is 2.53. The van der Waals surface area contributed by atoms with Gasteiger partial charge in [-0.15, -0.1) is 90.7 Å². The Morgan fingerprint density at radius 1 is 0.352 bits per heavy atom. The van der Waals surface area contributed by atoms with Crippen LogP contribution in [0.4, 0.5) is 0 Å². The van der Waals surface area contributed by atoms with Crippen LogP contribution < -0.4 is 56.0 Å². The molecular formula is C100H144B2O14S8Si4. The number of unbranched alkanes of at least 4 members (excludes halogenated alkanes) is 4. The molecule has 8 aromatic heterocycles. The third-order valence-corrected chi connectivity index (χ3v) is 49.5. The van der Waals surface area contributed by atoms with Crippen LogP contribution in [0.2, 0.25) is 78.6 Å². The first-order valence-electron chi connectivity index (χ1n) is 47.0. The maximum atomic E-state index is 12.5. The molecule has 0 saturated carbocycles. The molecule has 28 heteroatoms. The molecular weight excluding hydrogens is 1820 g/mol. The van der Waals surface area contributed by atoms with Crippen molar-refractivity contribution >= 4 is 249 Å². The van der Waals surface area contributed by atoms with Crippen LogP contribution in [0.25, 0.3) is 70.3 Å². The maximum absolute atomic E-state index is 12.5. The summed E-state index contributed by atoms with van der Waals surface area (Å²) in [6.45, 7) is 68.1. The van der Waals surface area contributed by atoms with Gasteiger partial charge < -0.3 is 47.0 Å². The molecule has 1 aliphatic carbocycles. The summed E-state index contributed by atoms with van der Waals surface area (Å²) in [7, 11) is -6.99. The number of ether oxygens (including phenoxy) is 6. The van der Waals surface area contributed by atoms with Gasteiger partial charge in [0.15, 0.2) is 34.5 Å². The van der Waals surface area contributed by atoms with Crippen molar-refractivity contribution in [1.82, 2.24) is 0 Å². The minimum Gasteiger partial charge on any atom is -0.489 e. The number of carbonyl (C=O) groups is 4. The Kier molecular flexibility index (Phi) is 34.5. The lowest BCUT2D eigenvalue weighted by atomic mass is 9.87. The van der Waals surface area contributed by atoms with Crippen molar-refractivity contribution < 1.29 is 66.2 Å². The average Bonchev–Trinajstić information content (AvgIpc) is 1.57. The van der Waals surface area contributed by atoms with Crippen LogP contribution in [0, 0.1) is 23.7 Å². The number of thiophene rings is 8. The summed E-state index contributed by atoms with van der Waals surface area (Å²) >= 11 is 14.1. The van der Waals surface area contributed by atoms with Crippen LogP contribution >= 0.6 is 90.7 Å². The van der Waals surface area contributed by atoms with E-state index in [0.29, 0.717) is 59.5 Å². The number of fused-ring (bicyclic) bond motifs is 12. The summed E-state index contributed by atoms with van der Waals surface area (Å²) in [6.07, 6.45) is 19.2. The first-order chi connectivity index (χ1) is 60.1. The number of Topliss-reactive ketones (excluding diaryl/α,β-unsaturated/α-hetero) is 2. The summed E-state index contributed by atoms with van der Waals surface area (Å²) in [4.78, 5) is 50.7. The van der Waals surface area contributed by atoms with Gasteiger partial charge in [-0.3, -0.25) is 19.2 Å². The van der Waals surface area contributed by atoms with Crippen molar-refractivity contribution in [1.29, 1.82) is 0 Å². The SMILES string of the molecule is CC(=O)Oc1c(OC(C)=O)c2cc([Si](C)(C)C)sc2c2sc([Si](C)(C)C)cc12.CCCCC(CC)COc1c(OCC(CC)CCCC)c2cc(B3OC(C)(C)C(C)(C)O3)sc2c2sc(B3OC(C)(C)C(C)(C)O3)cc12.CCCCC(CC)COc1c(OCC(CC)CCCC)c2ccsc2c2sccc12.C[Si](C)(C)c1cc2c(s1)-c1sc([Si](C)(C)C)cc1C(=O)C2=O. The molecule has 0 amide bonds. The number of ketones is 2. The lowest BCUT2D eigenvalue weighted by Crippen LogP contribution is -2.41. The topological polar surface area (TPSA) is 161 Å². The molecule has 14 rings (SSSR count). The van der Waals surface area contributed by atoms with Gasteiger partial charge in [0, 0.05) is 66.8 Å². The number of hydrogen-bond donors (Lipinski definition) is 0. The van der Waals surface area contributed by atoms with Gasteiger partial charge in [0.1, 0.15) is 0 Å². The zero-order valence-electron chi connectivity index (χ0n) is 82.4. The van der Waals surface area contributed by atoms with Crippen molar-refractivity contribution in [3.63, 3.8) is 0 Å². The lowest BCUT2D eigenvalue weighted by Gasteiger charge is -2.32. The van der Waals surface area contributed by atoms with Crippen molar-refractivity contribution in [2.75, 3.05) is 26.4 Å². The maximum Gasteiger partial charge on any atom is 0.505 e. The molecule has 0 bridgehead atoms. The van der Waals surface area contributed by atoms with E-state index in [0.717, 1.165) is 112 Å². The standard InChI is InChI=1S/C38H60B2O6S2.C26H38O2S2.C20H26O4S2Si2.C16H20O2S2Si2/c1-13-17-19-25(15-3)23-41-31-27-21-29(39-43-35(5,6)36(7,8)44-39)47-33(27)34-28(32(31)42-24-26(16-4)20-18-14-2)22-30(48-34)40-45-37(9,10)38(11,12)46-40;1-5-9-11-19(7-3)17-27-23-21-13-15-29-25(21)26-22(14-16-30-26)24(23)28-18-20(8-4)12-10-6-2;1-11(21)23-17-13-9-15(27(3,4)5)25-19(13)20-14(18(17)24-12(2)22)10-16(26-20)28(6,7)8;1-21(2,3)11-7-9-13(17)14(18)10-8-12(22(4,5)6)20-16(10)15(9)19-11/h21-22,25-26H,13-20,23-24H2,1-12H3;13-16,19-20H,5-12,17-18H2,1-4H3;9-10H,1-8H3;7-8H,1-6H3. The fourth-order valence-corrected chi connectivity index (χ4v) is 32.5. The van der Waals surface area contributed by atoms with Crippen molar-refractivity contribution in [2.45, 2.75) is 328 Å². The smallest absolute Gasteiger partial charge is 0.489 e. The van der Waals surface area contributed by atoms with Crippen LogP contribution in [-0.2, 0) is 28.2 Å². The van der Waals surface area contributed by atoms with Crippen molar-refractivity contribution in [2.24, 2.45) is 23.7 Å². The van der Waals surface area contributed by atoms with Gasteiger partial charge in [0.2, 0.25) is 11.6 Å². The molecule has 10 heterocycles. The quantitative estimate of drug-likeness (QED) is 0.0158. The Morgan fingerprint density at radius 2 is 0.609 bits per heavy atom. The summed E-state index contributed by atoms with van der Waals surface area (Å²) in [5.74, 6) is 5.07. The Hall–Kier alpha value is -4.86. The van der Waals surface area contributed by atoms with Crippen molar-refractivity contribution in [3.05, 3.63) is 70.4 Å². The van der Waals surface area contributed by atoms with Crippen LogP contribution in [-0.4, -0.2) is 119 Å². The van der Waals surface area contributed by atoms with E-state index in [1.807, 2.05) is 34.8 Å². The Bertz CT molecular complexity index is 5330. The summed E-state index contributed by atoms with van der Waals surface area (Å²) in [6, 6.07) is 17.1. The van der Waals surface area contributed by atoms with Gasteiger partial charge in [-0.1, -0.05) is 211 Å². The van der Waals surface area contributed by atoms with E-state index in [2.05, 4.69) is 237 Å². The first kappa shape index (κ1) is 104. The molecule has 698 valence electrons. The number of hydrogen-bond acceptors (Lipinski definition) is 22. The minimum atomic E-state index is -1.56. The molecule has 2 fully saturated rings. The minimum absolute atomic E-state index is 0.317. The van der Waals surface area contributed by atoms with E-state index in [1.54, 1.807) is 68.0 Å². The summed E-state index contributed by atoms with van der Waals surface area (Å²) < 4.78 is 79.1. The van der Waals surface area contributed by atoms with Gasteiger partial charge >= 0.3 is 26.2 Å².